The lowest BCUT2D eigenvalue weighted by atomic mass is 9.78. The van der Waals surface area contributed by atoms with Gasteiger partial charge in [0, 0.05) is 68.2 Å². The standard InChI is InChI=1S/C57H67N10O15PS/c1-64-46-26-33(7-16-43(46)67(56(64)77)45-18-20-48(69)62-53(45)74)25-31-3-5-32(6-4-31)27-49(70)65-24-21-37-11-17-44(52(73)60-40(15-19-47(58)68)51(72)63-57(22-23-57)36-9-12-38(13-10-36)84(2,81)82)66(37)54(75)42(30-65)61-50(71)41-29-35-28-34(8-14-39(35)59-41)55(76)83(78,79)80/h7-10,12-14,16,26,28-29,31-32,37,40,42,44-45,59H,3-6,11,15,17-25,27,30H2,1-2H3,(H2,58,68)(H,60,73)(H,61,71)(H,63,72)(H,62,69,74)(H2,78,79,80)/t31?,32?,37-,40+,42+,44+,45?/m1/s1. The van der Waals surface area contributed by atoms with Gasteiger partial charge in [-0.3, -0.25) is 62.2 Å². The van der Waals surface area contributed by atoms with Gasteiger partial charge in [-0.1, -0.05) is 18.2 Å². The Labute approximate surface area is 481 Å². The van der Waals surface area contributed by atoms with Gasteiger partial charge >= 0.3 is 13.3 Å². The fourth-order valence-electron chi connectivity index (χ4n) is 12.7. The van der Waals surface area contributed by atoms with E-state index >= 15 is 4.79 Å². The largest absolute Gasteiger partial charge is 0.396 e. The van der Waals surface area contributed by atoms with Crippen molar-refractivity contribution in [1.82, 2.24) is 45.2 Å². The summed E-state index contributed by atoms with van der Waals surface area (Å²) in [5.74, 6) is -4.34. The molecule has 9 N–H and O–H groups in total. The van der Waals surface area contributed by atoms with Crippen LogP contribution in [0.2, 0.25) is 0 Å². The number of nitrogens with two attached hydrogens (primary N) is 1. The predicted octanol–water partition coefficient (Wildman–Crippen LogP) is 2.21. The second kappa shape index (κ2) is 23.3. The van der Waals surface area contributed by atoms with E-state index in [0.717, 1.165) is 43.9 Å². The normalized spacial score (nSPS) is 23.0. The van der Waals surface area contributed by atoms with E-state index in [0.29, 0.717) is 41.4 Å². The van der Waals surface area contributed by atoms with E-state index in [2.05, 4.69) is 26.3 Å². The zero-order chi connectivity index (χ0) is 60.2. The Bertz CT molecular complexity index is 3760. The lowest BCUT2D eigenvalue weighted by Crippen LogP contribution is -2.62. The van der Waals surface area contributed by atoms with Crippen molar-refractivity contribution >= 4 is 92.2 Å². The maximum Gasteiger partial charge on any atom is 0.396 e. The molecule has 2 saturated carbocycles. The number of imidazole rings is 1. The first-order valence-electron chi connectivity index (χ1n) is 28.2. The molecule has 2 aliphatic carbocycles. The van der Waals surface area contributed by atoms with Crippen molar-refractivity contribution in [2.45, 2.75) is 137 Å². The van der Waals surface area contributed by atoms with Crippen LogP contribution < -0.4 is 32.7 Å². The van der Waals surface area contributed by atoms with Gasteiger partial charge in [0.2, 0.25) is 41.4 Å². The van der Waals surface area contributed by atoms with Gasteiger partial charge in [0.25, 0.3) is 11.4 Å². The van der Waals surface area contributed by atoms with Crippen molar-refractivity contribution in [3.05, 3.63) is 99.6 Å². The van der Waals surface area contributed by atoms with Crippen LogP contribution in [0.5, 0.6) is 0 Å². The summed E-state index contributed by atoms with van der Waals surface area (Å²) < 4.78 is 39.0. The summed E-state index contributed by atoms with van der Waals surface area (Å²) in [4.78, 5) is 160. The average Bonchev–Trinajstić information content (AvgIpc) is 1.90. The summed E-state index contributed by atoms with van der Waals surface area (Å²) in [7, 11) is -6.98. The second-order valence-electron chi connectivity index (χ2n) is 23.2. The number of aromatic nitrogens is 3. The quantitative estimate of drug-likeness (QED) is 0.0461. The molecule has 10 rings (SSSR count). The molecule has 5 atom stereocenters. The number of carbonyl (C=O) groups is 9. The van der Waals surface area contributed by atoms with Crippen LogP contribution in [0.15, 0.2) is 76.4 Å². The zero-order valence-corrected chi connectivity index (χ0v) is 48.0. The molecule has 5 aromatic rings. The summed E-state index contributed by atoms with van der Waals surface area (Å²) in [5, 5.41) is 11.1. The maximum atomic E-state index is 15.1. The first-order valence-corrected chi connectivity index (χ1v) is 31.7. The fraction of sp³-hybridized carbons (Fsp3) is 0.474. The number of aryl methyl sites for hydroxylation is 1. The van der Waals surface area contributed by atoms with Crippen molar-refractivity contribution in [3.8, 4) is 0 Å². The van der Waals surface area contributed by atoms with E-state index in [9.17, 15) is 65.9 Å². The molecule has 84 heavy (non-hydrogen) atoms. The van der Waals surface area contributed by atoms with Crippen molar-refractivity contribution < 1.29 is 65.9 Å². The van der Waals surface area contributed by atoms with Crippen LogP contribution in [0.4, 0.5) is 0 Å². The molecule has 446 valence electrons. The zero-order valence-electron chi connectivity index (χ0n) is 46.3. The average molecular weight is 1200 g/mol. The SMILES string of the molecule is Cn1c(=O)n(C2CCC(=O)NC2=O)c2ccc(CC3CCC(CC(=O)N4CC[C@H]5CC[C@@H](C(=O)N[C@@H](CCC(N)=O)C(=O)NC6(c7ccc(S(C)(=O)=O)cc7)CC6)N5C(=O)[C@@H](NC(=O)c5cc6cc(C(=O)P(=O)(O)O)ccc6[nH]5)C4)CC3)cc21. The molecule has 0 bridgehead atoms. The van der Waals surface area contributed by atoms with Gasteiger partial charge < -0.3 is 46.3 Å². The van der Waals surface area contributed by atoms with Crippen LogP contribution in [-0.4, -0.2) is 138 Å². The number of sulfone groups is 1. The van der Waals surface area contributed by atoms with Crippen molar-refractivity contribution in [1.29, 1.82) is 0 Å². The Hall–Kier alpha value is -7.80. The maximum absolute atomic E-state index is 15.1. The van der Waals surface area contributed by atoms with Crippen LogP contribution in [0.3, 0.4) is 0 Å². The third kappa shape index (κ3) is 12.5. The summed E-state index contributed by atoms with van der Waals surface area (Å²) in [6.45, 7) is -0.107. The van der Waals surface area contributed by atoms with Gasteiger partial charge in [0.05, 0.1) is 21.5 Å². The Morgan fingerprint density at radius 2 is 1.57 bits per heavy atom. The Morgan fingerprint density at radius 1 is 0.857 bits per heavy atom. The molecule has 5 aliphatic rings. The van der Waals surface area contributed by atoms with Crippen molar-refractivity contribution in [2.75, 3.05) is 19.3 Å². The van der Waals surface area contributed by atoms with Gasteiger partial charge in [0.1, 0.15) is 29.9 Å². The molecule has 8 amide bonds. The van der Waals surface area contributed by atoms with Crippen LogP contribution in [0, 0.1) is 11.8 Å². The van der Waals surface area contributed by atoms with Gasteiger partial charge in [-0.2, -0.15) is 0 Å². The number of nitrogens with zero attached hydrogens (tertiary/aromatic N) is 4. The highest BCUT2D eigenvalue weighted by molar-refractivity contribution is 7.90. The Morgan fingerprint density at radius 3 is 2.24 bits per heavy atom. The number of rotatable bonds is 18. The number of hydrogen-bond donors (Lipinski definition) is 8. The molecule has 2 aromatic heterocycles. The Balaban J connectivity index is 0.836. The molecule has 3 saturated heterocycles. The summed E-state index contributed by atoms with van der Waals surface area (Å²) in [6, 6.07) is 11.8. The molecule has 25 nitrogen and oxygen atoms in total. The van der Waals surface area contributed by atoms with E-state index in [1.165, 1.54) is 50.4 Å². The molecule has 27 heteroatoms. The number of amides is 8. The number of benzene rings is 3. The molecule has 5 heterocycles. The minimum atomic E-state index is -5.14. The summed E-state index contributed by atoms with van der Waals surface area (Å²) in [5.41, 5.74) is 5.77. The van der Waals surface area contributed by atoms with Gasteiger partial charge in [-0.05, 0) is 149 Å². The molecule has 5 fully saturated rings. The molecule has 0 spiro atoms. The van der Waals surface area contributed by atoms with E-state index in [-0.39, 0.29) is 109 Å². The number of piperidine rings is 1. The van der Waals surface area contributed by atoms with Crippen LogP contribution in [0.1, 0.15) is 128 Å². The van der Waals surface area contributed by atoms with Crippen LogP contribution in [0.25, 0.3) is 21.9 Å². The predicted molar refractivity (Wildman–Crippen MR) is 302 cm³/mol. The van der Waals surface area contributed by atoms with E-state index in [4.69, 9.17) is 5.73 Å². The summed E-state index contributed by atoms with van der Waals surface area (Å²) in [6.07, 6.45) is 6.78. The highest BCUT2D eigenvalue weighted by atomic mass is 32.2. The lowest BCUT2D eigenvalue weighted by Gasteiger charge is -2.39. The van der Waals surface area contributed by atoms with E-state index in [1.54, 1.807) is 24.1 Å². The number of H-pyrrole nitrogens is 1. The van der Waals surface area contributed by atoms with Gasteiger partial charge in [-0.25, -0.2) is 13.2 Å². The highest BCUT2D eigenvalue weighted by Crippen LogP contribution is 2.46. The first-order chi connectivity index (χ1) is 39.8. The van der Waals surface area contributed by atoms with Crippen LogP contribution in [-0.2, 0) is 67.0 Å². The number of aromatic amines is 1. The molecule has 0 radical (unpaired) electrons. The minimum absolute atomic E-state index is 0.00784. The third-order valence-electron chi connectivity index (χ3n) is 17.4. The monoisotopic (exact) mass is 1190 g/mol. The topological polar surface area (TPSA) is 369 Å². The molecule has 1 unspecified atom stereocenters. The number of primary amides is 1. The summed E-state index contributed by atoms with van der Waals surface area (Å²) >= 11 is 0. The van der Waals surface area contributed by atoms with E-state index < -0.39 is 94.1 Å². The number of imide groups is 1. The first kappa shape index (κ1) is 59.4. The second-order valence-corrected chi connectivity index (χ2v) is 26.7. The molecule has 3 aromatic carbocycles. The molecular weight excluding hydrogens is 1130 g/mol. The Kier molecular flexibility index (Phi) is 16.5. The number of carbonyl (C=O) groups excluding carboxylic acids is 9. The number of nitrogens with one attached hydrogen (secondary N) is 5. The smallest absolute Gasteiger partial charge is 0.370 e. The lowest BCUT2D eigenvalue weighted by molar-refractivity contribution is -0.146. The minimum Gasteiger partial charge on any atom is -0.370 e. The number of hydrogen-bond acceptors (Lipinski definition) is 13. The van der Waals surface area contributed by atoms with E-state index in [1.807, 2.05) is 18.2 Å². The van der Waals surface area contributed by atoms with Crippen molar-refractivity contribution in [3.63, 3.8) is 0 Å². The van der Waals surface area contributed by atoms with Gasteiger partial charge in [0.15, 0.2) is 9.84 Å². The molecular formula is C57H67N10O15PS. The highest BCUT2D eigenvalue weighted by Gasteiger charge is 2.49. The van der Waals surface area contributed by atoms with Crippen LogP contribution >= 0.6 is 7.60 Å². The molecule has 3 aliphatic heterocycles. The fourth-order valence-corrected chi connectivity index (χ4v) is 13.8. The van der Waals surface area contributed by atoms with Gasteiger partial charge in [-0.15, -0.1) is 0 Å². The number of fused-ring (bicyclic) bond motifs is 3. The third-order valence-corrected chi connectivity index (χ3v) is 19.3. The van der Waals surface area contributed by atoms with Crippen molar-refractivity contribution in [2.24, 2.45) is 24.6 Å².